The van der Waals surface area contributed by atoms with Crippen LogP contribution in [0.25, 0.3) is 0 Å². The summed E-state index contributed by atoms with van der Waals surface area (Å²) in [5.41, 5.74) is 0. The van der Waals surface area contributed by atoms with Crippen molar-refractivity contribution in [2.45, 2.75) is 0 Å². The van der Waals surface area contributed by atoms with Crippen LogP contribution in [0.4, 0.5) is 0 Å². The minimum absolute atomic E-state index is 0.196. The first-order chi connectivity index (χ1) is 10.7. The van der Waals surface area contributed by atoms with Crippen molar-refractivity contribution in [3.05, 3.63) is 38.0 Å². The van der Waals surface area contributed by atoms with Crippen LogP contribution in [0.1, 0.15) is 0 Å². The number of hydrogen-bond acceptors (Lipinski definition) is 9. The summed E-state index contributed by atoms with van der Waals surface area (Å²) in [4.78, 5) is 0. The molecule has 0 unspecified atom stereocenters. The smallest absolute Gasteiger partial charge is 0.264 e. The summed E-state index contributed by atoms with van der Waals surface area (Å²) in [6.07, 6.45) is 3.65. The van der Waals surface area contributed by atoms with Crippen molar-refractivity contribution in [3.8, 4) is 0 Å². The van der Waals surface area contributed by atoms with Gasteiger partial charge in [0, 0.05) is 0 Å². The van der Waals surface area contributed by atoms with Crippen molar-refractivity contribution in [2.75, 3.05) is 19.8 Å². The fraction of sp³-hybridized carbons (Fsp3) is 0.333. The third kappa shape index (κ3) is 42.8. The molecule has 0 rings (SSSR count). The number of rotatable bonds is 9. The lowest BCUT2D eigenvalue weighted by atomic mass is 10.7. The maximum absolute atomic E-state index is 9.68. The molecule has 0 aromatic rings. The van der Waals surface area contributed by atoms with Gasteiger partial charge >= 0.3 is 31.2 Å². The molecule has 0 bridgehead atoms. The van der Waals surface area contributed by atoms with Crippen LogP contribution in [-0.2, 0) is 43.7 Å². The predicted molar refractivity (Wildman–Crippen MR) is 83.1 cm³/mol. The minimum atomic E-state index is -4.26. The van der Waals surface area contributed by atoms with Crippen molar-refractivity contribution in [1.29, 1.82) is 0 Å². The van der Waals surface area contributed by atoms with Gasteiger partial charge in [-0.25, -0.2) is 12.5 Å². The fourth-order valence-corrected chi connectivity index (χ4v) is 1.21. The van der Waals surface area contributed by atoms with Crippen LogP contribution in [0.15, 0.2) is 38.0 Å². The van der Waals surface area contributed by atoms with Gasteiger partial charge in [-0.2, -0.15) is 25.3 Å². The Morgan fingerprint density at radius 2 is 0.750 bits per heavy atom. The molecule has 12 nitrogen and oxygen atoms in total. The summed E-state index contributed by atoms with van der Waals surface area (Å²) in [7, 11) is -12.8. The van der Waals surface area contributed by atoms with Crippen LogP contribution in [-0.4, -0.2) is 58.7 Å². The van der Waals surface area contributed by atoms with E-state index in [1.807, 2.05) is 0 Å². The van der Waals surface area contributed by atoms with E-state index in [2.05, 4.69) is 32.3 Å². The van der Waals surface area contributed by atoms with Gasteiger partial charge < -0.3 is 0 Å². The molecule has 0 radical (unpaired) electrons. The van der Waals surface area contributed by atoms with Crippen molar-refractivity contribution < 1.29 is 51.5 Å². The highest BCUT2D eigenvalue weighted by molar-refractivity contribution is 7.81. The Morgan fingerprint density at radius 3 is 0.792 bits per heavy atom. The molecule has 0 saturated carbocycles. The summed E-state index contributed by atoms with van der Waals surface area (Å²) in [5, 5.41) is 0. The van der Waals surface area contributed by atoms with E-state index in [4.69, 9.17) is 13.7 Å². The largest absolute Gasteiger partial charge is 0.397 e. The average molecular weight is 414 g/mol. The van der Waals surface area contributed by atoms with Gasteiger partial charge in [-0.15, -0.1) is 19.7 Å². The van der Waals surface area contributed by atoms with Crippen LogP contribution >= 0.6 is 0 Å². The summed E-state index contributed by atoms with van der Waals surface area (Å²) < 4.78 is 93.0. The van der Waals surface area contributed by atoms with Crippen molar-refractivity contribution in [2.24, 2.45) is 0 Å². The molecule has 0 spiro atoms. The zero-order valence-electron chi connectivity index (χ0n) is 12.2. The first kappa shape index (κ1) is 27.7. The van der Waals surface area contributed by atoms with Crippen LogP contribution in [0, 0.1) is 0 Å². The van der Waals surface area contributed by atoms with Gasteiger partial charge in [0.1, 0.15) is 0 Å². The van der Waals surface area contributed by atoms with Gasteiger partial charge in [-0.3, -0.25) is 13.7 Å². The van der Waals surface area contributed by atoms with E-state index in [-0.39, 0.29) is 19.8 Å². The maximum atomic E-state index is 9.68. The van der Waals surface area contributed by atoms with Gasteiger partial charge in [0.15, 0.2) is 0 Å². The van der Waals surface area contributed by atoms with E-state index in [9.17, 15) is 25.3 Å². The van der Waals surface area contributed by atoms with Crippen molar-refractivity contribution in [3.63, 3.8) is 0 Å². The van der Waals surface area contributed by atoms with Crippen LogP contribution in [0.3, 0.4) is 0 Å². The topological polar surface area (TPSA) is 191 Å². The Labute approximate surface area is 140 Å². The third-order valence-corrected chi connectivity index (χ3v) is 2.31. The second-order valence-corrected chi connectivity index (χ2v) is 6.28. The highest BCUT2D eigenvalue weighted by Gasteiger charge is 2.00. The molecule has 0 aliphatic heterocycles. The van der Waals surface area contributed by atoms with Gasteiger partial charge in [-0.05, 0) is 0 Å². The van der Waals surface area contributed by atoms with Crippen LogP contribution in [0.2, 0.25) is 0 Å². The van der Waals surface area contributed by atoms with E-state index in [0.717, 1.165) is 0 Å². The Morgan fingerprint density at radius 1 is 0.583 bits per heavy atom. The zero-order valence-corrected chi connectivity index (χ0v) is 14.7. The molecule has 0 aliphatic rings. The van der Waals surface area contributed by atoms with Crippen molar-refractivity contribution >= 4 is 31.2 Å². The van der Waals surface area contributed by atoms with Gasteiger partial charge in [0.05, 0.1) is 19.8 Å². The Bertz CT molecular complexity index is 563. The molecule has 0 heterocycles. The molecule has 0 fully saturated rings. The molecule has 0 saturated heterocycles. The van der Waals surface area contributed by atoms with E-state index >= 15 is 0 Å². The molecule has 15 heteroatoms. The summed E-state index contributed by atoms with van der Waals surface area (Å²) in [6, 6.07) is 0. The Balaban J connectivity index is -0.000000276. The quantitative estimate of drug-likeness (QED) is 0.338. The van der Waals surface area contributed by atoms with E-state index in [1.54, 1.807) is 0 Å². The first-order valence-electron chi connectivity index (χ1n) is 5.36. The first-order valence-corrected chi connectivity index (χ1v) is 9.46. The van der Waals surface area contributed by atoms with Gasteiger partial charge in [-0.1, -0.05) is 18.2 Å². The molecular formula is C9H18O12S3. The molecule has 0 aromatic heterocycles. The second-order valence-electron chi connectivity index (χ2n) is 3.00. The number of hydrogen-bond donors (Lipinski definition) is 3. The normalized spacial score (nSPS) is 11.1. The lowest BCUT2D eigenvalue weighted by Crippen LogP contribution is -2.02. The average Bonchev–Trinajstić information content (AvgIpc) is 2.39. The molecular weight excluding hydrogens is 396 g/mol. The van der Waals surface area contributed by atoms with E-state index in [0.29, 0.717) is 0 Å². The van der Waals surface area contributed by atoms with E-state index < -0.39 is 31.2 Å². The van der Waals surface area contributed by atoms with Crippen molar-refractivity contribution in [1.82, 2.24) is 0 Å². The SMILES string of the molecule is C=CCOS(=O)(=O)O.C=CCOS(=O)(=O)O.C=CCOS(=O)(=O)O. The van der Waals surface area contributed by atoms with E-state index in [1.165, 1.54) is 18.2 Å². The van der Waals surface area contributed by atoms with Crippen LogP contribution in [0.5, 0.6) is 0 Å². The van der Waals surface area contributed by atoms with Gasteiger partial charge in [0.2, 0.25) is 0 Å². The fourth-order valence-electron chi connectivity index (χ4n) is 0.402. The zero-order chi connectivity index (χ0) is 19.9. The lowest BCUT2D eigenvalue weighted by molar-refractivity contribution is 0.295. The summed E-state index contributed by atoms with van der Waals surface area (Å²) >= 11 is 0. The summed E-state index contributed by atoms with van der Waals surface area (Å²) in [6.45, 7) is 8.90. The maximum Gasteiger partial charge on any atom is 0.397 e. The molecule has 0 aliphatic carbocycles. The summed E-state index contributed by atoms with van der Waals surface area (Å²) in [5.74, 6) is 0. The van der Waals surface area contributed by atoms with Gasteiger partial charge in [0.25, 0.3) is 0 Å². The highest BCUT2D eigenvalue weighted by atomic mass is 32.3. The monoisotopic (exact) mass is 414 g/mol. The Kier molecular flexibility index (Phi) is 16.4. The molecule has 0 atom stereocenters. The molecule has 0 amide bonds. The highest BCUT2D eigenvalue weighted by Crippen LogP contribution is 1.84. The second kappa shape index (κ2) is 14.2. The predicted octanol–water partition coefficient (Wildman–Crippen LogP) is -0.0246. The minimum Gasteiger partial charge on any atom is -0.264 e. The lowest BCUT2D eigenvalue weighted by Gasteiger charge is -1.90. The molecule has 0 aromatic carbocycles. The standard InChI is InChI=1S/3C3H6O4S/c3*1-2-3-7-8(4,5)6/h3*2H,1,3H2,(H,4,5,6). The Hall–Kier alpha value is -1.17. The molecule has 3 N–H and O–H groups in total. The third-order valence-electron chi connectivity index (χ3n) is 1.00. The molecule has 144 valence electrons. The molecule has 24 heavy (non-hydrogen) atoms. The van der Waals surface area contributed by atoms with Crippen LogP contribution < -0.4 is 0 Å².